The first-order valence-corrected chi connectivity index (χ1v) is 6.32. The van der Waals surface area contributed by atoms with E-state index in [1.54, 1.807) is 0 Å². The third kappa shape index (κ3) is 3.45. The van der Waals surface area contributed by atoms with Crippen LogP contribution < -0.4 is 4.74 Å². The molecule has 0 saturated heterocycles. The zero-order valence-electron chi connectivity index (χ0n) is 10.2. The quantitative estimate of drug-likeness (QED) is 0.892. The maximum absolute atomic E-state index is 13.2. The van der Waals surface area contributed by atoms with Gasteiger partial charge in [-0.3, -0.25) is 0 Å². The van der Waals surface area contributed by atoms with Crippen molar-refractivity contribution < 1.29 is 19.0 Å². The SMILES string of the molecule is O=C(O)c1cc(F)cc(OCC2CCCCC2)c1. The number of rotatable bonds is 4. The number of benzene rings is 1. The first kappa shape index (κ1) is 12.9. The highest BCUT2D eigenvalue weighted by atomic mass is 19.1. The third-order valence-corrected chi connectivity index (χ3v) is 3.33. The van der Waals surface area contributed by atoms with Gasteiger partial charge in [-0.2, -0.15) is 0 Å². The maximum atomic E-state index is 13.2. The Morgan fingerprint density at radius 2 is 2.00 bits per heavy atom. The summed E-state index contributed by atoms with van der Waals surface area (Å²) in [5.41, 5.74) is -0.0753. The molecule has 98 valence electrons. The van der Waals surface area contributed by atoms with E-state index in [1.165, 1.54) is 31.4 Å². The molecule has 0 unspecified atom stereocenters. The molecule has 1 aliphatic rings. The van der Waals surface area contributed by atoms with Crippen LogP contribution in [0.1, 0.15) is 42.5 Å². The largest absolute Gasteiger partial charge is 0.493 e. The standard InChI is InChI=1S/C14H17FO3/c15-12-6-11(14(16)17)7-13(8-12)18-9-10-4-2-1-3-5-10/h6-8,10H,1-5,9H2,(H,16,17). The molecule has 0 atom stereocenters. The number of carboxylic acids is 1. The predicted octanol–water partition coefficient (Wildman–Crippen LogP) is 3.48. The molecule has 0 aromatic heterocycles. The van der Waals surface area contributed by atoms with Gasteiger partial charge in [-0.15, -0.1) is 0 Å². The second kappa shape index (κ2) is 5.85. The highest BCUT2D eigenvalue weighted by Gasteiger charge is 2.15. The Balaban J connectivity index is 1.97. The van der Waals surface area contributed by atoms with E-state index in [0.717, 1.165) is 18.9 Å². The molecule has 2 rings (SSSR count). The van der Waals surface area contributed by atoms with Gasteiger partial charge in [0.2, 0.25) is 0 Å². The lowest BCUT2D eigenvalue weighted by atomic mass is 9.90. The van der Waals surface area contributed by atoms with Crippen LogP contribution in [0, 0.1) is 11.7 Å². The minimum atomic E-state index is -1.14. The van der Waals surface area contributed by atoms with E-state index in [-0.39, 0.29) is 5.56 Å². The molecule has 1 aliphatic carbocycles. The Morgan fingerprint density at radius 1 is 1.28 bits per heavy atom. The number of halogens is 1. The van der Waals surface area contributed by atoms with Crippen molar-refractivity contribution in [3.05, 3.63) is 29.6 Å². The van der Waals surface area contributed by atoms with E-state index < -0.39 is 11.8 Å². The van der Waals surface area contributed by atoms with Crippen molar-refractivity contribution in [2.75, 3.05) is 6.61 Å². The van der Waals surface area contributed by atoms with Crippen LogP contribution in [0.15, 0.2) is 18.2 Å². The summed E-state index contributed by atoms with van der Waals surface area (Å²) in [5, 5.41) is 8.83. The summed E-state index contributed by atoms with van der Waals surface area (Å²) in [7, 11) is 0. The Labute approximate surface area is 106 Å². The molecule has 1 aromatic rings. The molecule has 1 aromatic carbocycles. The van der Waals surface area contributed by atoms with E-state index >= 15 is 0 Å². The summed E-state index contributed by atoms with van der Waals surface area (Å²) in [6, 6.07) is 3.60. The van der Waals surface area contributed by atoms with Gasteiger partial charge in [0.25, 0.3) is 0 Å². The van der Waals surface area contributed by atoms with Gasteiger partial charge in [0.05, 0.1) is 12.2 Å². The molecule has 0 aliphatic heterocycles. The van der Waals surface area contributed by atoms with Crippen molar-refractivity contribution in [2.45, 2.75) is 32.1 Å². The average molecular weight is 252 g/mol. The van der Waals surface area contributed by atoms with Crippen LogP contribution in [0.25, 0.3) is 0 Å². The van der Waals surface area contributed by atoms with Crippen LogP contribution in [0.5, 0.6) is 5.75 Å². The van der Waals surface area contributed by atoms with Crippen LogP contribution in [0.3, 0.4) is 0 Å². The molecule has 18 heavy (non-hydrogen) atoms. The predicted molar refractivity (Wildman–Crippen MR) is 65.4 cm³/mol. The first-order valence-electron chi connectivity index (χ1n) is 6.32. The Bertz CT molecular complexity index is 425. The van der Waals surface area contributed by atoms with Crippen LogP contribution in [0.4, 0.5) is 4.39 Å². The molecular formula is C14H17FO3. The average Bonchev–Trinajstić information content (AvgIpc) is 2.37. The zero-order valence-corrected chi connectivity index (χ0v) is 10.2. The van der Waals surface area contributed by atoms with E-state index in [9.17, 15) is 9.18 Å². The summed E-state index contributed by atoms with van der Waals surface area (Å²) in [5.74, 6) is -0.904. The number of aromatic carboxylic acids is 1. The van der Waals surface area contributed by atoms with Crippen molar-refractivity contribution in [2.24, 2.45) is 5.92 Å². The van der Waals surface area contributed by atoms with Gasteiger partial charge in [-0.05, 0) is 30.9 Å². The Morgan fingerprint density at radius 3 is 2.67 bits per heavy atom. The van der Waals surface area contributed by atoms with Crippen LogP contribution >= 0.6 is 0 Å². The summed E-state index contributed by atoms with van der Waals surface area (Å²) < 4.78 is 18.7. The molecule has 0 spiro atoms. The van der Waals surface area contributed by atoms with E-state index in [1.807, 2.05) is 0 Å². The highest BCUT2D eigenvalue weighted by molar-refractivity contribution is 5.88. The minimum absolute atomic E-state index is 0.0753. The van der Waals surface area contributed by atoms with E-state index in [2.05, 4.69) is 0 Å². The third-order valence-electron chi connectivity index (χ3n) is 3.33. The molecule has 1 fully saturated rings. The minimum Gasteiger partial charge on any atom is -0.493 e. The molecular weight excluding hydrogens is 235 g/mol. The molecule has 0 bridgehead atoms. The van der Waals surface area contributed by atoms with Crippen molar-refractivity contribution in [1.29, 1.82) is 0 Å². The van der Waals surface area contributed by atoms with Crippen molar-refractivity contribution in [3.63, 3.8) is 0 Å². The fraction of sp³-hybridized carbons (Fsp3) is 0.500. The second-order valence-electron chi connectivity index (χ2n) is 4.80. The van der Waals surface area contributed by atoms with Gasteiger partial charge >= 0.3 is 5.97 Å². The number of ether oxygens (including phenoxy) is 1. The Kier molecular flexibility index (Phi) is 4.18. The first-order chi connectivity index (χ1) is 8.65. The topological polar surface area (TPSA) is 46.5 Å². The normalized spacial score (nSPS) is 16.5. The molecule has 4 heteroatoms. The lowest BCUT2D eigenvalue weighted by Gasteiger charge is -2.21. The van der Waals surface area contributed by atoms with E-state index in [4.69, 9.17) is 9.84 Å². The zero-order chi connectivity index (χ0) is 13.0. The summed E-state index contributed by atoms with van der Waals surface area (Å²) in [6.07, 6.45) is 6.00. The van der Waals surface area contributed by atoms with Crippen LogP contribution in [-0.4, -0.2) is 17.7 Å². The monoisotopic (exact) mass is 252 g/mol. The van der Waals surface area contributed by atoms with Crippen molar-refractivity contribution in [1.82, 2.24) is 0 Å². The smallest absolute Gasteiger partial charge is 0.335 e. The number of carboxylic acid groups (broad SMARTS) is 1. The molecule has 0 amide bonds. The Hall–Kier alpha value is -1.58. The van der Waals surface area contributed by atoms with Gasteiger partial charge < -0.3 is 9.84 Å². The van der Waals surface area contributed by atoms with Gasteiger partial charge in [-0.1, -0.05) is 19.3 Å². The van der Waals surface area contributed by atoms with Crippen molar-refractivity contribution in [3.8, 4) is 5.75 Å². The summed E-state index contributed by atoms with van der Waals surface area (Å²) in [6.45, 7) is 0.544. The molecule has 3 nitrogen and oxygen atoms in total. The number of hydrogen-bond donors (Lipinski definition) is 1. The van der Waals surface area contributed by atoms with Crippen LogP contribution in [-0.2, 0) is 0 Å². The summed E-state index contributed by atoms with van der Waals surface area (Å²) in [4.78, 5) is 10.8. The number of carbonyl (C=O) groups is 1. The lowest BCUT2D eigenvalue weighted by Crippen LogP contribution is -2.15. The van der Waals surface area contributed by atoms with Gasteiger partial charge in [0.15, 0.2) is 0 Å². The fourth-order valence-electron chi connectivity index (χ4n) is 2.34. The highest BCUT2D eigenvalue weighted by Crippen LogP contribution is 2.25. The maximum Gasteiger partial charge on any atom is 0.335 e. The van der Waals surface area contributed by atoms with Gasteiger partial charge in [0.1, 0.15) is 11.6 Å². The number of hydrogen-bond acceptors (Lipinski definition) is 2. The van der Waals surface area contributed by atoms with Crippen molar-refractivity contribution >= 4 is 5.97 Å². The van der Waals surface area contributed by atoms with Gasteiger partial charge in [0, 0.05) is 6.07 Å². The molecule has 1 saturated carbocycles. The molecule has 0 radical (unpaired) electrons. The molecule has 0 heterocycles. The molecule has 1 N–H and O–H groups in total. The summed E-state index contributed by atoms with van der Waals surface area (Å²) >= 11 is 0. The second-order valence-corrected chi connectivity index (χ2v) is 4.80. The van der Waals surface area contributed by atoms with E-state index in [0.29, 0.717) is 18.3 Å². The fourth-order valence-corrected chi connectivity index (χ4v) is 2.34. The van der Waals surface area contributed by atoms with Gasteiger partial charge in [-0.25, -0.2) is 9.18 Å². The lowest BCUT2D eigenvalue weighted by molar-refractivity contribution is 0.0695. The van der Waals surface area contributed by atoms with Crippen LogP contribution in [0.2, 0.25) is 0 Å².